The number of rotatable bonds is 9. The third-order valence-corrected chi connectivity index (χ3v) is 5.64. The van der Waals surface area contributed by atoms with Gasteiger partial charge in [-0.25, -0.2) is 5.01 Å². The molecule has 2 saturated heterocycles. The number of hydrogen-bond donors (Lipinski definition) is 2. The predicted octanol–water partition coefficient (Wildman–Crippen LogP) is 1.90. The number of benzene rings is 1. The first kappa shape index (κ1) is 19.8. The van der Waals surface area contributed by atoms with E-state index in [1.807, 2.05) is 0 Å². The maximum Gasteiger partial charge on any atom is 0.0353 e. The van der Waals surface area contributed by atoms with Crippen LogP contribution >= 0.6 is 0 Å². The molecule has 0 radical (unpaired) electrons. The van der Waals surface area contributed by atoms with Crippen molar-refractivity contribution in [1.29, 1.82) is 0 Å². The van der Waals surface area contributed by atoms with E-state index in [1.54, 1.807) is 0 Å². The minimum absolute atomic E-state index is 0.943. The van der Waals surface area contributed by atoms with Crippen LogP contribution in [0, 0.1) is 0 Å². The van der Waals surface area contributed by atoms with Gasteiger partial charge in [0.25, 0.3) is 0 Å². The molecule has 0 unspecified atom stereocenters. The van der Waals surface area contributed by atoms with Crippen LogP contribution in [0.1, 0.15) is 36.8 Å². The van der Waals surface area contributed by atoms with Crippen LogP contribution in [0.15, 0.2) is 24.3 Å². The summed E-state index contributed by atoms with van der Waals surface area (Å²) in [4.78, 5) is 5.01. The van der Waals surface area contributed by atoms with Gasteiger partial charge < -0.3 is 15.1 Å². The minimum atomic E-state index is 0.943. The highest BCUT2D eigenvalue weighted by Crippen LogP contribution is 2.08. The lowest BCUT2D eigenvalue weighted by Gasteiger charge is -2.32. The summed E-state index contributed by atoms with van der Waals surface area (Å²) in [5.41, 5.74) is 6.31. The molecular weight excluding hydrogens is 322 g/mol. The van der Waals surface area contributed by atoms with E-state index < -0.39 is 0 Å². The molecule has 0 amide bonds. The van der Waals surface area contributed by atoms with Gasteiger partial charge in [-0.15, -0.1) is 0 Å². The molecule has 0 saturated carbocycles. The van der Waals surface area contributed by atoms with Crippen LogP contribution < -0.4 is 10.7 Å². The quantitative estimate of drug-likeness (QED) is 0.658. The van der Waals surface area contributed by atoms with Crippen LogP contribution in [-0.2, 0) is 13.1 Å². The Balaban J connectivity index is 1.25. The van der Waals surface area contributed by atoms with E-state index in [0.717, 1.165) is 19.6 Å². The van der Waals surface area contributed by atoms with Gasteiger partial charge in [-0.3, -0.25) is 5.43 Å². The summed E-state index contributed by atoms with van der Waals surface area (Å²) in [6.07, 6.45) is 5.27. The number of piperazine rings is 1. The summed E-state index contributed by atoms with van der Waals surface area (Å²) >= 11 is 0. The Hall–Kier alpha value is -0.980. The molecule has 2 fully saturated rings. The average molecular weight is 360 g/mol. The summed E-state index contributed by atoms with van der Waals surface area (Å²) in [7, 11) is 2.22. The number of nitrogens with zero attached hydrogens (tertiary/aromatic N) is 3. The first-order valence-corrected chi connectivity index (χ1v) is 10.5. The van der Waals surface area contributed by atoms with E-state index in [9.17, 15) is 0 Å². The van der Waals surface area contributed by atoms with Crippen LogP contribution in [0.2, 0.25) is 0 Å². The van der Waals surface area contributed by atoms with Gasteiger partial charge in [-0.05, 0) is 50.5 Å². The molecule has 0 aliphatic carbocycles. The molecule has 2 aliphatic rings. The summed E-state index contributed by atoms with van der Waals surface area (Å²) in [5, 5.41) is 5.97. The highest BCUT2D eigenvalue weighted by molar-refractivity contribution is 5.22. The van der Waals surface area contributed by atoms with Gasteiger partial charge in [0.15, 0.2) is 0 Å². The standard InChI is InChI=1S/C21H37N5/c1-24-14-16-25(17-15-24)11-5-10-22-18-20-6-8-21(9-7-20)19-23-26-12-3-2-4-13-26/h6-9,22-23H,2-5,10-19H2,1H3. The third-order valence-electron chi connectivity index (χ3n) is 5.64. The molecule has 2 aliphatic heterocycles. The van der Waals surface area contributed by atoms with Crippen molar-refractivity contribution in [2.75, 3.05) is 59.4 Å². The van der Waals surface area contributed by atoms with E-state index in [0.29, 0.717) is 0 Å². The fourth-order valence-electron chi connectivity index (χ4n) is 3.76. The van der Waals surface area contributed by atoms with Gasteiger partial charge in [0.05, 0.1) is 0 Å². The first-order valence-electron chi connectivity index (χ1n) is 10.5. The second-order valence-electron chi connectivity index (χ2n) is 7.87. The second-order valence-corrected chi connectivity index (χ2v) is 7.87. The molecule has 0 bridgehead atoms. The summed E-state index contributed by atoms with van der Waals surface area (Å²) in [5.74, 6) is 0. The fraction of sp³-hybridized carbons (Fsp3) is 0.714. The number of hydrazine groups is 1. The van der Waals surface area contributed by atoms with E-state index in [2.05, 4.69) is 56.9 Å². The zero-order valence-corrected chi connectivity index (χ0v) is 16.6. The van der Waals surface area contributed by atoms with Gasteiger partial charge in [-0.2, -0.15) is 0 Å². The van der Waals surface area contributed by atoms with Crippen molar-refractivity contribution >= 4 is 0 Å². The molecule has 2 heterocycles. The zero-order chi connectivity index (χ0) is 18.0. The molecule has 3 rings (SSSR count). The van der Waals surface area contributed by atoms with Crippen LogP contribution in [0.3, 0.4) is 0 Å². The van der Waals surface area contributed by atoms with Crippen molar-refractivity contribution in [1.82, 2.24) is 25.6 Å². The Morgan fingerprint density at radius 2 is 1.46 bits per heavy atom. The minimum Gasteiger partial charge on any atom is -0.313 e. The Morgan fingerprint density at radius 1 is 0.808 bits per heavy atom. The summed E-state index contributed by atoms with van der Waals surface area (Å²) in [6, 6.07) is 9.05. The third kappa shape index (κ3) is 6.97. The monoisotopic (exact) mass is 359 g/mol. The van der Waals surface area contributed by atoms with E-state index in [-0.39, 0.29) is 0 Å². The SMILES string of the molecule is CN1CCN(CCCNCc2ccc(CNN3CCCCC3)cc2)CC1. The normalized spacial score (nSPS) is 20.5. The largest absolute Gasteiger partial charge is 0.313 e. The van der Waals surface area contributed by atoms with Crippen molar-refractivity contribution in [2.45, 2.75) is 38.8 Å². The van der Waals surface area contributed by atoms with Crippen LogP contribution in [-0.4, -0.2) is 74.2 Å². The second kappa shape index (κ2) is 11.0. The molecule has 0 spiro atoms. The van der Waals surface area contributed by atoms with Gasteiger partial charge in [-0.1, -0.05) is 30.7 Å². The number of likely N-dealkylation sites (N-methyl/N-ethyl adjacent to an activating group) is 1. The fourth-order valence-corrected chi connectivity index (χ4v) is 3.76. The lowest BCUT2D eigenvalue weighted by Crippen LogP contribution is -2.45. The highest BCUT2D eigenvalue weighted by Gasteiger charge is 2.12. The van der Waals surface area contributed by atoms with Crippen molar-refractivity contribution in [3.8, 4) is 0 Å². The average Bonchev–Trinajstić information content (AvgIpc) is 2.69. The molecule has 1 aromatic carbocycles. The molecule has 0 atom stereocenters. The topological polar surface area (TPSA) is 33.8 Å². The molecule has 26 heavy (non-hydrogen) atoms. The summed E-state index contributed by atoms with van der Waals surface area (Å²) in [6.45, 7) is 11.5. The van der Waals surface area contributed by atoms with Crippen LogP contribution in [0.4, 0.5) is 0 Å². The lowest BCUT2D eigenvalue weighted by molar-refractivity contribution is 0.151. The van der Waals surface area contributed by atoms with Crippen molar-refractivity contribution in [3.05, 3.63) is 35.4 Å². The molecule has 1 aromatic rings. The van der Waals surface area contributed by atoms with Crippen molar-refractivity contribution in [3.63, 3.8) is 0 Å². The Bertz CT molecular complexity index is 490. The molecule has 5 nitrogen and oxygen atoms in total. The Morgan fingerprint density at radius 3 is 2.15 bits per heavy atom. The van der Waals surface area contributed by atoms with Crippen molar-refractivity contribution < 1.29 is 0 Å². The molecule has 146 valence electrons. The van der Waals surface area contributed by atoms with Crippen LogP contribution in [0.5, 0.6) is 0 Å². The van der Waals surface area contributed by atoms with E-state index in [1.165, 1.54) is 82.6 Å². The maximum absolute atomic E-state index is 3.59. The Labute approximate surface area is 159 Å². The lowest BCUT2D eigenvalue weighted by atomic mass is 10.1. The van der Waals surface area contributed by atoms with E-state index in [4.69, 9.17) is 0 Å². The molecule has 0 aromatic heterocycles. The molecule has 5 heteroatoms. The number of piperidine rings is 1. The van der Waals surface area contributed by atoms with E-state index >= 15 is 0 Å². The van der Waals surface area contributed by atoms with Gasteiger partial charge in [0.1, 0.15) is 0 Å². The van der Waals surface area contributed by atoms with Gasteiger partial charge in [0.2, 0.25) is 0 Å². The molecule has 2 N–H and O–H groups in total. The molecular formula is C21H37N5. The van der Waals surface area contributed by atoms with Crippen molar-refractivity contribution in [2.24, 2.45) is 0 Å². The number of nitrogens with one attached hydrogen (secondary N) is 2. The first-order chi connectivity index (χ1) is 12.8. The summed E-state index contributed by atoms with van der Waals surface area (Å²) < 4.78 is 0. The number of hydrogen-bond acceptors (Lipinski definition) is 5. The van der Waals surface area contributed by atoms with Gasteiger partial charge >= 0.3 is 0 Å². The zero-order valence-electron chi connectivity index (χ0n) is 16.6. The van der Waals surface area contributed by atoms with Gasteiger partial charge in [0, 0.05) is 52.4 Å². The Kier molecular flexibility index (Phi) is 8.36. The van der Waals surface area contributed by atoms with Crippen LogP contribution in [0.25, 0.3) is 0 Å². The smallest absolute Gasteiger partial charge is 0.0353 e. The highest BCUT2D eigenvalue weighted by atomic mass is 15.5. The predicted molar refractivity (Wildman–Crippen MR) is 109 cm³/mol. The maximum atomic E-state index is 3.59.